The second-order valence-electron chi connectivity index (χ2n) is 3.43. The van der Waals surface area contributed by atoms with Gasteiger partial charge in [0.1, 0.15) is 0 Å². The second kappa shape index (κ2) is 3.81. The van der Waals surface area contributed by atoms with Crippen molar-refractivity contribution in [1.82, 2.24) is 4.90 Å². The Morgan fingerprint density at radius 2 is 1.75 bits per heavy atom. The topological polar surface area (TPSA) is 46.6 Å². The largest absolute Gasteiger partial charge is 0.478 e. The predicted molar refractivity (Wildman–Crippen MR) is 57.7 cm³/mol. The number of benzene rings is 1. The lowest BCUT2D eigenvalue weighted by molar-refractivity contribution is 0.0147. The van der Waals surface area contributed by atoms with Gasteiger partial charge in [0.2, 0.25) is 0 Å². The van der Waals surface area contributed by atoms with E-state index in [9.17, 15) is 9.59 Å². The minimum absolute atomic E-state index is 0.324. The molecule has 2 amide bonds. The number of ether oxygens (including phenoxy) is 1. The fraction of sp³-hybridized carbons (Fsp3) is 0.167. The minimum atomic E-state index is -0.634. The number of hydrogen-bond acceptors (Lipinski definition) is 3. The summed E-state index contributed by atoms with van der Waals surface area (Å²) in [6.45, 7) is 5.03. The van der Waals surface area contributed by atoms with Crippen LogP contribution >= 0.6 is 0 Å². The van der Waals surface area contributed by atoms with Crippen molar-refractivity contribution in [2.75, 3.05) is 0 Å². The van der Waals surface area contributed by atoms with Crippen LogP contribution in [0.15, 0.2) is 37.1 Å². The van der Waals surface area contributed by atoms with Crippen LogP contribution in [0.2, 0.25) is 0 Å². The summed E-state index contributed by atoms with van der Waals surface area (Å²) in [4.78, 5) is 24.9. The molecule has 4 heteroatoms. The molecule has 1 heterocycles. The standard InChI is InChI=1S/C12H11NO3/c1-3-16-8(2)13-11(14)9-6-4-5-7-10(9)12(13)15/h3-8H,1H2,2H3. The molecule has 0 fully saturated rings. The van der Waals surface area contributed by atoms with Gasteiger partial charge in [0.15, 0.2) is 6.23 Å². The molecule has 0 aliphatic carbocycles. The number of fused-ring (bicyclic) bond motifs is 1. The first-order valence-corrected chi connectivity index (χ1v) is 4.90. The number of amides is 2. The molecule has 0 aromatic heterocycles. The first kappa shape index (κ1) is 10.4. The summed E-state index contributed by atoms with van der Waals surface area (Å²) in [6, 6.07) is 6.73. The van der Waals surface area contributed by atoms with E-state index in [1.165, 1.54) is 6.26 Å². The van der Waals surface area contributed by atoms with Crippen LogP contribution in [-0.4, -0.2) is 22.9 Å². The average molecular weight is 217 g/mol. The third-order valence-corrected chi connectivity index (χ3v) is 2.48. The Morgan fingerprint density at radius 3 is 2.19 bits per heavy atom. The number of hydrogen-bond donors (Lipinski definition) is 0. The Labute approximate surface area is 93.1 Å². The van der Waals surface area contributed by atoms with Crippen molar-refractivity contribution in [2.24, 2.45) is 0 Å². The Morgan fingerprint density at radius 1 is 1.25 bits per heavy atom. The Hall–Kier alpha value is -2.10. The normalized spacial score (nSPS) is 15.9. The fourth-order valence-corrected chi connectivity index (χ4v) is 1.74. The van der Waals surface area contributed by atoms with E-state index in [2.05, 4.69) is 6.58 Å². The van der Waals surface area contributed by atoms with Crippen molar-refractivity contribution in [3.63, 3.8) is 0 Å². The van der Waals surface area contributed by atoms with Gasteiger partial charge in [-0.3, -0.25) is 9.59 Å². The molecule has 2 rings (SSSR count). The van der Waals surface area contributed by atoms with Gasteiger partial charge in [-0.25, -0.2) is 4.90 Å². The zero-order valence-corrected chi connectivity index (χ0v) is 8.84. The van der Waals surface area contributed by atoms with Crippen molar-refractivity contribution in [3.8, 4) is 0 Å². The van der Waals surface area contributed by atoms with Gasteiger partial charge in [-0.15, -0.1) is 0 Å². The third kappa shape index (κ3) is 1.39. The van der Waals surface area contributed by atoms with E-state index in [4.69, 9.17) is 4.74 Å². The molecule has 82 valence electrons. The molecule has 1 aliphatic heterocycles. The zero-order valence-electron chi connectivity index (χ0n) is 8.84. The van der Waals surface area contributed by atoms with Crippen molar-refractivity contribution < 1.29 is 14.3 Å². The highest BCUT2D eigenvalue weighted by molar-refractivity contribution is 6.21. The third-order valence-electron chi connectivity index (χ3n) is 2.48. The summed E-state index contributed by atoms with van der Waals surface area (Å²) < 4.78 is 5.05. The minimum Gasteiger partial charge on any atom is -0.478 e. The molecule has 0 saturated heterocycles. The van der Waals surface area contributed by atoms with Gasteiger partial charge in [-0.05, 0) is 19.1 Å². The van der Waals surface area contributed by atoms with Crippen molar-refractivity contribution in [1.29, 1.82) is 0 Å². The highest BCUT2D eigenvalue weighted by Gasteiger charge is 2.38. The van der Waals surface area contributed by atoms with E-state index in [0.717, 1.165) is 4.90 Å². The Kier molecular flexibility index (Phi) is 2.48. The van der Waals surface area contributed by atoms with E-state index in [0.29, 0.717) is 11.1 Å². The van der Waals surface area contributed by atoms with Crippen LogP contribution < -0.4 is 0 Å². The lowest BCUT2D eigenvalue weighted by atomic mass is 10.1. The van der Waals surface area contributed by atoms with Crippen LogP contribution in [0.25, 0.3) is 0 Å². The molecular weight excluding hydrogens is 206 g/mol. The first-order chi connectivity index (χ1) is 7.66. The van der Waals surface area contributed by atoms with Crippen LogP contribution in [0, 0.1) is 0 Å². The van der Waals surface area contributed by atoms with Crippen LogP contribution in [0.1, 0.15) is 27.6 Å². The van der Waals surface area contributed by atoms with Crippen molar-refractivity contribution in [3.05, 3.63) is 48.2 Å². The van der Waals surface area contributed by atoms with Crippen LogP contribution in [0.4, 0.5) is 0 Å². The molecule has 1 aliphatic rings. The number of imide groups is 1. The SMILES string of the molecule is C=COC(C)N1C(=O)c2ccccc2C1=O. The van der Waals surface area contributed by atoms with E-state index >= 15 is 0 Å². The molecule has 1 unspecified atom stereocenters. The van der Waals surface area contributed by atoms with Crippen molar-refractivity contribution >= 4 is 11.8 Å². The van der Waals surface area contributed by atoms with Crippen molar-refractivity contribution in [2.45, 2.75) is 13.2 Å². The highest BCUT2D eigenvalue weighted by atomic mass is 16.5. The molecule has 0 spiro atoms. The van der Waals surface area contributed by atoms with Crippen LogP contribution in [0.3, 0.4) is 0 Å². The number of nitrogens with zero attached hydrogens (tertiary/aromatic N) is 1. The molecule has 0 bridgehead atoms. The maximum atomic E-state index is 11.9. The molecule has 1 aromatic rings. The van der Waals surface area contributed by atoms with Crippen LogP contribution in [-0.2, 0) is 4.74 Å². The highest BCUT2D eigenvalue weighted by Crippen LogP contribution is 2.24. The average Bonchev–Trinajstić information content (AvgIpc) is 2.53. The summed E-state index contributed by atoms with van der Waals surface area (Å²) >= 11 is 0. The van der Waals surface area contributed by atoms with Gasteiger partial charge in [-0.2, -0.15) is 0 Å². The van der Waals surface area contributed by atoms with Gasteiger partial charge < -0.3 is 4.74 Å². The zero-order chi connectivity index (χ0) is 11.7. The lowest BCUT2D eigenvalue weighted by Gasteiger charge is -2.21. The van der Waals surface area contributed by atoms with E-state index in [1.54, 1.807) is 31.2 Å². The molecule has 16 heavy (non-hydrogen) atoms. The smallest absolute Gasteiger partial charge is 0.264 e. The Balaban J connectivity index is 2.38. The fourth-order valence-electron chi connectivity index (χ4n) is 1.74. The quantitative estimate of drug-likeness (QED) is 0.572. The lowest BCUT2D eigenvalue weighted by Crippen LogP contribution is -2.38. The number of rotatable bonds is 3. The summed E-state index contributed by atoms with van der Waals surface area (Å²) in [7, 11) is 0. The maximum Gasteiger partial charge on any atom is 0.264 e. The summed E-state index contributed by atoms with van der Waals surface area (Å²) in [5, 5.41) is 0. The molecule has 0 saturated carbocycles. The van der Waals surface area contributed by atoms with E-state index in [-0.39, 0.29) is 11.8 Å². The van der Waals surface area contributed by atoms with Gasteiger partial charge >= 0.3 is 0 Å². The Bertz CT molecular complexity index is 432. The number of carbonyl (C=O) groups excluding carboxylic acids is 2. The van der Waals surface area contributed by atoms with Gasteiger partial charge in [0.05, 0.1) is 17.4 Å². The monoisotopic (exact) mass is 217 g/mol. The molecular formula is C12H11NO3. The predicted octanol–water partition coefficient (Wildman–Crippen LogP) is 1.79. The summed E-state index contributed by atoms with van der Waals surface area (Å²) in [6.07, 6.45) is 0.582. The molecule has 0 radical (unpaired) electrons. The van der Waals surface area contributed by atoms with Crippen LogP contribution in [0.5, 0.6) is 0 Å². The molecule has 0 N–H and O–H groups in total. The van der Waals surface area contributed by atoms with E-state index < -0.39 is 6.23 Å². The summed E-state index contributed by atoms with van der Waals surface area (Å²) in [5.41, 5.74) is 0.846. The summed E-state index contributed by atoms with van der Waals surface area (Å²) in [5.74, 6) is -0.648. The molecule has 1 aromatic carbocycles. The first-order valence-electron chi connectivity index (χ1n) is 4.90. The molecule has 4 nitrogen and oxygen atoms in total. The maximum absolute atomic E-state index is 11.9. The second-order valence-corrected chi connectivity index (χ2v) is 3.43. The van der Waals surface area contributed by atoms with Gasteiger partial charge in [0.25, 0.3) is 11.8 Å². The van der Waals surface area contributed by atoms with Gasteiger partial charge in [0, 0.05) is 0 Å². The molecule has 1 atom stereocenters. The van der Waals surface area contributed by atoms with Gasteiger partial charge in [-0.1, -0.05) is 18.7 Å². The number of carbonyl (C=O) groups is 2. The van der Waals surface area contributed by atoms with E-state index in [1.807, 2.05) is 0 Å².